The van der Waals surface area contributed by atoms with Gasteiger partial charge in [0.05, 0.1) is 18.8 Å². The van der Waals surface area contributed by atoms with Crippen molar-refractivity contribution in [3.05, 3.63) is 65.7 Å². The smallest absolute Gasteiger partial charge is 0.251 e. The highest BCUT2D eigenvalue weighted by atomic mass is 16.5. The number of carbonyl (C=O) groups is 2. The summed E-state index contributed by atoms with van der Waals surface area (Å²) in [5.41, 5.74) is 8.82. The molecule has 0 bridgehead atoms. The summed E-state index contributed by atoms with van der Waals surface area (Å²) in [6, 6.07) is 12.9. The summed E-state index contributed by atoms with van der Waals surface area (Å²) in [7, 11) is 1.63. The van der Waals surface area contributed by atoms with E-state index in [0.29, 0.717) is 42.0 Å². The van der Waals surface area contributed by atoms with Crippen LogP contribution in [0.25, 0.3) is 11.1 Å². The van der Waals surface area contributed by atoms with E-state index in [2.05, 4.69) is 25.5 Å². The van der Waals surface area contributed by atoms with E-state index in [1.54, 1.807) is 31.5 Å². The van der Waals surface area contributed by atoms with Gasteiger partial charge in [0.15, 0.2) is 0 Å². The van der Waals surface area contributed by atoms with Gasteiger partial charge in [-0.2, -0.15) is 0 Å². The molecule has 3 atom stereocenters. The van der Waals surface area contributed by atoms with E-state index in [0.717, 1.165) is 42.6 Å². The van der Waals surface area contributed by atoms with Crippen LogP contribution in [0.15, 0.2) is 48.7 Å². The lowest BCUT2D eigenvalue weighted by Crippen LogP contribution is -2.48. The largest absolute Gasteiger partial charge is 0.384 e. The van der Waals surface area contributed by atoms with Gasteiger partial charge in [0, 0.05) is 43.1 Å². The van der Waals surface area contributed by atoms with Crippen LogP contribution in [0.2, 0.25) is 0 Å². The number of aromatic nitrogens is 3. The summed E-state index contributed by atoms with van der Waals surface area (Å²) in [4.78, 5) is 41.8. The van der Waals surface area contributed by atoms with Crippen molar-refractivity contribution in [1.82, 2.24) is 25.6 Å². The highest BCUT2D eigenvalue weighted by Gasteiger charge is 2.45. The van der Waals surface area contributed by atoms with Gasteiger partial charge in [-0.1, -0.05) is 25.0 Å². The van der Waals surface area contributed by atoms with Crippen LogP contribution in [0.1, 0.15) is 54.0 Å². The van der Waals surface area contributed by atoms with Gasteiger partial charge in [-0.05, 0) is 61.9 Å². The lowest BCUT2D eigenvalue weighted by Gasteiger charge is -2.34. The van der Waals surface area contributed by atoms with Crippen molar-refractivity contribution in [2.75, 3.05) is 30.9 Å². The fraction of sp³-hybridized carbons (Fsp3) is 0.433. The van der Waals surface area contributed by atoms with Crippen LogP contribution in [0.5, 0.6) is 0 Å². The number of nitrogen functional groups attached to an aromatic ring is 1. The number of anilines is 2. The number of nitrogens with two attached hydrogens (primary N) is 1. The monoisotopic (exact) mass is 543 g/mol. The third kappa shape index (κ3) is 6.22. The Morgan fingerprint density at radius 2 is 1.82 bits per heavy atom. The van der Waals surface area contributed by atoms with E-state index in [1.165, 1.54) is 6.42 Å². The van der Waals surface area contributed by atoms with E-state index < -0.39 is 0 Å². The van der Waals surface area contributed by atoms with Gasteiger partial charge in [-0.3, -0.25) is 9.59 Å². The zero-order valence-corrected chi connectivity index (χ0v) is 23.1. The molecule has 0 radical (unpaired) electrons. The van der Waals surface area contributed by atoms with Crippen molar-refractivity contribution < 1.29 is 14.3 Å². The lowest BCUT2D eigenvalue weighted by atomic mass is 9.84. The first kappa shape index (κ1) is 27.5. The Morgan fingerprint density at radius 1 is 1.05 bits per heavy atom. The fourth-order valence-electron chi connectivity index (χ4n) is 5.92. The second kappa shape index (κ2) is 12.4. The van der Waals surface area contributed by atoms with Gasteiger partial charge >= 0.3 is 0 Å². The minimum absolute atomic E-state index is 0.00997. The van der Waals surface area contributed by atoms with Gasteiger partial charge in [0.2, 0.25) is 5.91 Å². The van der Waals surface area contributed by atoms with Gasteiger partial charge < -0.3 is 26.0 Å². The molecule has 3 heterocycles. The molecule has 1 saturated heterocycles. The maximum atomic E-state index is 13.2. The molecule has 1 aliphatic heterocycles. The number of amides is 2. The number of methoxy groups -OCH3 is 1. The minimum Gasteiger partial charge on any atom is -0.384 e. The van der Waals surface area contributed by atoms with Crippen LogP contribution < -0.4 is 21.3 Å². The number of hydrogen-bond donors (Lipinski definition) is 3. The van der Waals surface area contributed by atoms with Crippen molar-refractivity contribution in [2.45, 2.75) is 57.7 Å². The standard InChI is InChI=1S/C30H37N7O3/c1-19-35-24(18-34-29(38)21-9-7-20(8-10-21)23-11-12-27(31)33-17-23)16-28(36-19)37-25-6-4-3-5-22(25)15-26(37)30(39)32-13-14-40-2/h7-12,16-17,22,25-26H,3-6,13-15,18H2,1-2H3,(H2,31,33)(H,32,39)(H,34,38)/t22-,25-,26-/m0/s1. The molecule has 4 N–H and O–H groups in total. The summed E-state index contributed by atoms with van der Waals surface area (Å²) in [5.74, 6) is 2.12. The van der Waals surface area contributed by atoms with Crippen LogP contribution in [0.3, 0.4) is 0 Å². The lowest BCUT2D eigenvalue weighted by molar-refractivity contribution is -0.122. The quantitative estimate of drug-likeness (QED) is 0.350. The van der Waals surface area contributed by atoms with Crippen molar-refractivity contribution in [2.24, 2.45) is 5.92 Å². The highest BCUT2D eigenvalue weighted by molar-refractivity contribution is 5.94. The Labute approximate surface area is 234 Å². The normalized spacial score (nSPS) is 20.1. The molecule has 0 spiro atoms. The highest BCUT2D eigenvalue weighted by Crippen LogP contribution is 2.42. The maximum absolute atomic E-state index is 13.2. The van der Waals surface area contributed by atoms with E-state index >= 15 is 0 Å². The van der Waals surface area contributed by atoms with E-state index in [4.69, 9.17) is 15.5 Å². The molecular weight excluding hydrogens is 506 g/mol. The summed E-state index contributed by atoms with van der Waals surface area (Å²) >= 11 is 0. The molecule has 1 aromatic carbocycles. The molecule has 1 saturated carbocycles. The fourth-order valence-corrected chi connectivity index (χ4v) is 5.92. The molecule has 2 aliphatic rings. The molecule has 2 amide bonds. The van der Waals surface area contributed by atoms with Crippen molar-refractivity contribution in [3.8, 4) is 11.1 Å². The molecule has 3 aromatic rings. The molecule has 40 heavy (non-hydrogen) atoms. The first-order chi connectivity index (χ1) is 19.4. The average molecular weight is 544 g/mol. The van der Waals surface area contributed by atoms with Crippen LogP contribution in [0.4, 0.5) is 11.6 Å². The number of benzene rings is 1. The first-order valence-corrected chi connectivity index (χ1v) is 13.9. The molecule has 0 unspecified atom stereocenters. The Kier molecular flexibility index (Phi) is 8.54. The Balaban J connectivity index is 1.29. The van der Waals surface area contributed by atoms with E-state index in [-0.39, 0.29) is 30.4 Å². The number of nitrogens with zero attached hydrogens (tertiary/aromatic N) is 4. The Bertz CT molecular complexity index is 1330. The number of hydrogen-bond acceptors (Lipinski definition) is 8. The maximum Gasteiger partial charge on any atom is 0.251 e. The SMILES string of the molecule is COCCNC(=O)[C@@H]1C[C@@H]2CCCC[C@@H]2N1c1cc(CNC(=O)c2ccc(-c3ccc(N)nc3)cc2)nc(C)n1. The zero-order chi connectivity index (χ0) is 28.1. The molecule has 5 rings (SSSR count). The van der Waals surface area contributed by atoms with Gasteiger partial charge in [0.1, 0.15) is 23.5 Å². The molecule has 10 heteroatoms. The van der Waals surface area contributed by atoms with Crippen LogP contribution in [0, 0.1) is 12.8 Å². The van der Waals surface area contributed by atoms with Crippen LogP contribution >= 0.6 is 0 Å². The topological polar surface area (TPSA) is 135 Å². The minimum atomic E-state index is -0.281. The zero-order valence-electron chi connectivity index (χ0n) is 23.1. The number of fused-ring (bicyclic) bond motifs is 1. The molecule has 2 aromatic heterocycles. The van der Waals surface area contributed by atoms with Gasteiger partial charge in [-0.25, -0.2) is 15.0 Å². The number of rotatable bonds is 9. The molecule has 1 aliphatic carbocycles. The molecular formula is C30H37N7O3. The Hall–Kier alpha value is -4.05. The molecule has 210 valence electrons. The second-order valence-electron chi connectivity index (χ2n) is 10.6. The number of pyridine rings is 1. The third-order valence-corrected chi connectivity index (χ3v) is 7.83. The number of aryl methyl sites for hydroxylation is 1. The van der Waals surface area contributed by atoms with Crippen LogP contribution in [-0.4, -0.2) is 59.1 Å². The predicted octanol–water partition coefficient (Wildman–Crippen LogP) is 3.26. The number of ether oxygens (including phenoxy) is 1. The summed E-state index contributed by atoms with van der Waals surface area (Å²) in [5, 5.41) is 6.01. The predicted molar refractivity (Wildman–Crippen MR) is 154 cm³/mol. The van der Waals surface area contributed by atoms with Gasteiger partial charge in [-0.15, -0.1) is 0 Å². The summed E-state index contributed by atoms with van der Waals surface area (Å²) < 4.78 is 5.11. The number of carbonyl (C=O) groups excluding carboxylic acids is 2. The third-order valence-electron chi connectivity index (χ3n) is 7.83. The van der Waals surface area contributed by atoms with Crippen molar-refractivity contribution in [1.29, 1.82) is 0 Å². The summed E-state index contributed by atoms with van der Waals surface area (Å²) in [6.45, 7) is 3.06. The average Bonchev–Trinajstić information content (AvgIpc) is 3.36. The van der Waals surface area contributed by atoms with Crippen LogP contribution in [-0.2, 0) is 16.1 Å². The van der Waals surface area contributed by atoms with Gasteiger partial charge in [0.25, 0.3) is 5.91 Å². The first-order valence-electron chi connectivity index (χ1n) is 13.9. The van der Waals surface area contributed by atoms with E-state index in [1.807, 2.05) is 31.2 Å². The molecule has 10 nitrogen and oxygen atoms in total. The Morgan fingerprint density at radius 3 is 2.58 bits per heavy atom. The van der Waals surface area contributed by atoms with E-state index in [9.17, 15) is 9.59 Å². The number of nitrogens with one attached hydrogen (secondary N) is 2. The molecule has 2 fully saturated rings. The second-order valence-corrected chi connectivity index (χ2v) is 10.6. The van der Waals surface area contributed by atoms with Crippen molar-refractivity contribution in [3.63, 3.8) is 0 Å². The summed E-state index contributed by atoms with van der Waals surface area (Å²) in [6.07, 6.45) is 7.05. The van der Waals surface area contributed by atoms with Crippen molar-refractivity contribution >= 4 is 23.5 Å².